The number of halogens is 1. The first-order valence-corrected chi connectivity index (χ1v) is 5.57. The molecule has 1 atom stereocenters. The molecule has 4 nitrogen and oxygen atoms in total. The summed E-state index contributed by atoms with van der Waals surface area (Å²) in [5, 5.41) is 3.81. The highest BCUT2D eigenvalue weighted by Gasteiger charge is 2.19. The monoisotopic (exact) mass is 226 g/mol. The smallest absolute Gasteiger partial charge is 0.134 e. The zero-order valence-electron chi connectivity index (χ0n) is 8.78. The maximum absolute atomic E-state index is 5.84. The van der Waals surface area contributed by atoms with Crippen molar-refractivity contribution in [2.45, 2.75) is 18.9 Å². The van der Waals surface area contributed by atoms with Crippen LogP contribution in [-0.2, 0) is 0 Å². The van der Waals surface area contributed by atoms with Gasteiger partial charge in [-0.3, -0.25) is 0 Å². The minimum Gasteiger partial charge on any atom is -0.355 e. The third-order valence-corrected chi connectivity index (χ3v) is 2.98. The van der Waals surface area contributed by atoms with Gasteiger partial charge < -0.3 is 10.2 Å². The molecule has 1 aliphatic rings. The Morgan fingerprint density at radius 2 is 2.40 bits per heavy atom. The number of likely N-dealkylation sites (N-methyl/N-ethyl adjacent to an activating group) is 1. The summed E-state index contributed by atoms with van der Waals surface area (Å²) < 4.78 is 0. The molecular formula is C10H15ClN4. The Morgan fingerprint density at radius 1 is 1.53 bits per heavy atom. The SMILES string of the molecule is CNC1CCCN(c2cc(Cl)ncn2)C1. The van der Waals surface area contributed by atoms with Crippen LogP contribution in [0.1, 0.15) is 12.8 Å². The minimum atomic E-state index is 0.506. The van der Waals surface area contributed by atoms with Gasteiger partial charge in [-0.2, -0.15) is 0 Å². The molecule has 1 unspecified atom stereocenters. The summed E-state index contributed by atoms with van der Waals surface area (Å²) in [5.74, 6) is 0.926. The second kappa shape index (κ2) is 4.77. The Balaban J connectivity index is 2.09. The van der Waals surface area contributed by atoms with Gasteiger partial charge in [-0.1, -0.05) is 11.6 Å². The van der Waals surface area contributed by atoms with E-state index in [0.29, 0.717) is 11.2 Å². The summed E-state index contributed by atoms with van der Waals surface area (Å²) in [5.41, 5.74) is 0. The zero-order valence-corrected chi connectivity index (χ0v) is 9.54. The van der Waals surface area contributed by atoms with E-state index in [2.05, 4.69) is 20.2 Å². The molecule has 1 aliphatic heterocycles. The van der Waals surface area contributed by atoms with Crippen molar-refractivity contribution in [1.82, 2.24) is 15.3 Å². The topological polar surface area (TPSA) is 41.0 Å². The summed E-state index contributed by atoms with van der Waals surface area (Å²) in [4.78, 5) is 10.4. The molecular weight excluding hydrogens is 212 g/mol. The van der Waals surface area contributed by atoms with E-state index in [0.717, 1.165) is 18.9 Å². The number of hydrogen-bond acceptors (Lipinski definition) is 4. The lowest BCUT2D eigenvalue weighted by Gasteiger charge is -2.33. The van der Waals surface area contributed by atoms with Crippen LogP contribution >= 0.6 is 11.6 Å². The van der Waals surface area contributed by atoms with E-state index in [4.69, 9.17) is 11.6 Å². The summed E-state index contributed by atoms with van der Waals surface area (Å²) in [6.07, 6.45) is 3.93. The van der Waals surface area contributed by atoms with Gasteiger partial charge >= 0.3 is 0 Å². The molecule has 82 valence electrons. The average Bonchev–Trinajstić information content (AvgIpc) is 2.29. The third kappa shape index (κ3) is 2.58. The molecule has 1 N–H and O–H groups in total. The predicted octanol–water partition coefficient (Wildman–Crippen LogP) is 1.32. The maximum Gasteiger partial charge on any atom is 0.134 e. The lowest BCUT2D eigenvalue weighted by Crippen LogP contribution is -2.44. The van der Waals surface area contributed by atoms with Crippen LogP contribution in [0.25, 0.3) is 0 Å². The normalized spacial score (nSPS) is 21.7. The van der Waals surface area contributed by atoms with Crippen molar-refractivity contribution in [1.29, 1.82) is 0 Å². The van der Waals surface area contributed by atoms with E-state index in [1.54, 1.807) is 0 Å². The maximum atomic E-state index is 5.84. The highest BCUT2D eigenvalue weighted by molar-refractivity contribution is 6.29. The zero-order chi connectivity index (χ0) is 10.7. The van der Waals surface area contributed by atoms with E-state index in [1.807, 2.05) is 13.1 Å². The standard InChI is InChI=1S/C10H15ClN4/c1-12-8-3-2-4-15(6-8)10-5-9(11)13-7-14-10/h5,7-8,12H,2-4,6H2,1H3. The second-order valence-corrected chi connectivity index (χ2v) is 4.16. The molecule has 0 saturated carbocycles. The van der Waals surface area contributed by atoms with Crippen molar-refractivity contribution >= 4 is 17.4 Å². The van der Waals surface area contributed by atoms with Gasteiger partial charge in [-0.15, -0.1) is 0 Å². The van der Waals surface area contributed by atoms with Gasteiger partial charge in [0, 0.05) is 25.2 Å². The molecule has 5 heteroatoms. The van der Waals surface area contributed by atoms with Crippen molar-refractivity contribution in [3.8, 4) is 0 Å². The molecule has 0 spiro atoms. The molecule has 0 aromatic carbocycles. The van der Waals surface area contributed by atoms with Crippen molar-refractivity contribution in [2.24, 2.45) is 0 Å². The summed E-state index contributed by atoms with van der Waals surface area (Å²) in [6, 6.07) is 2.37. The first-order chi connectivity index (χ1) is 7.29. The molecule has 0 aliphatic carbocycles. The number of nitrogens with zero attached hydrogens (tertiary/aromatic N) is 3. The molecule has 0 amide bonds. The van der Waals surface area contributed by atoms with E-state index in [9.17, 15) is 0 Å². The van der Waals surface area contributed by atoms with Crippen molar-refractivity contribution in [2.75, 3.05) is 25.0 Å². The van der Waals surface area contributed by atoms with Crippen LogP contribution in [0.15, 0.2) is 12.4 Å². The summed E-state index contributed by atoms with van der Waals surface area (Å²) in [6.45, 7) is 2.04. The lowest BCUT2D eigenvalue weighted by molar-refractivity contribution is 0.447. The van der Waals surface area contributed by atoms with Crippen molar-refractivity contribution in [3.63, 3.8) is 0 Å². The van der Waals surface area contributed by atoms with Crippen LogP contribution in [0.4, 0.5) is 5.82 Å². The number of piperidine rings is 1. The molecule has 1 saturated heterocycles. The van der Waals surface area contributed by atoms with Crippen LogP contribution in [0.2, 0.25) is 5.15 Å². The number of anilines is 1. The first-order valence-electron chi connectivity index (χ1n) is 5.19. The van der Waals surface area contributed by atoms with Gasteiger partial charge in [-0.05, 0) is 19.9 Å². The van der Waals surface area contributed by atoms with E-state index >= 15 is 0 Å². The fraction of sp³-hybridized carbons (Fsp3) is 0.600. The number of aromatic nitrogens is 2. The van der Waals surface area contributed by atoms with Crippen LogP contribution < -0.4 is 10.2 Å². The minimum absolute atomic E-state index is 0.506. The van der Waals surface area contributed by atoms with Gasteiger partial charge in [0.2, 0.25) is 0 Å². The first kappa shape index (κ1) is 10.6. The van der Waals surface area contributed by atoms with E-state index in [1.165, 1.54) is 19.2 Å². The highest BCUT2D eigenvalue weighted by atomic mass is 35.5. The van der Waals surface area contributed by atoms with Gasteiger partial charge in [0.05, 0.1) is 0 Å². The van der Waals surface area contributed by atoms with E-state index in [-0.39, 0.29) is 0 Å². The Kier molecular flexibility index (Phi) is 3.38. The molecule has 2 heterocycles. The fourth-order valence-electron chi connectivity index (χ4n) is 1.92. The number of rotatable bonds is 2. The van der Waals surface area contributed by atoms with Crippen LogP contribution in [0.5, 0.6) is 0 Å². The molecule has 1 aromatic heterocycles. The van der Waals surface area contributed by atoms with Crippen LogP contribution in [-0.4, -0.2) is 36.1 Å². The van der Waals surface area contributed by atoms with Crippen molar-refractivity contribution < 1.29 is 0 Å². The summed E-state index contributed by atoms with van der Waals surface area (Å²) >= 11 is 5.84. The quantitative estimate of drug-likeness (QED) is 0.773. The van der Waals surface area contributed by atoms with Gasteiger partial charge in [0.1, 0.15) is 17.3 Å². The second-order valence-electron chi connectivity index (χ2n) is 3.77. The van der Waals surface area contributed by atoms with Gasteiger partial charge in [0.25, 0.3) is 0 Å². The number of nitrogens with one attached hydrogen (secondary N) is 1. The highest BCUT2D eigenvalue weighted by Crippen LogP contribution is 2.19. The lowest BCUT2D eigenvalue weighted by atomic mass is 10.1. The Morgan fingerprint density at radius 3 is 3.13 bits per heavy atom. The Labute approximate surface area is 94.7 Å². The van der Waals surface area contributed by atoms with Gasteiger partial charge in [0.15, 0.2) is 0 Å². The van der Waals surface area contributed by atoms with Crippen LogP contribution in [0, 0.1) is 0 Å². The fourth-order valence-corrected chi connectivity index (χ4v) is 2.06. The van der Waals surface area contributed by atoms with Gasteiger partial charge in [-0.25, -0.2) is 9.97 Å². The van der Waals surface area contributed by atoms with Crippen LogP contribution in [0.3, 0.4) is 0 Å². The van der Waals surface area contributed by atoms with E-state index < -0.39 is 0 Å². The molecule has 1 fully saturated rings. The molecule has 15 heavy (non-hydrogen) atoms. The molecule has 0 bridgehead atoms. The Hall–Kier alpha value is -0.870. The third-order valence-electron chi connectivity index (χ3n) is 2.77. The predicted molar refractivity (Wildman–Crippen MR) is 61.3 cm³/mol. The molecule has 1 aromatic rings. The number of hydrogen-bond donors (Lipinski definition) is 1. The average molecular weight is 227 g/mol. The summed E-state index contributed by atoms with van der Waals surface area (Å²) in [7, 11) is 2.00. The molecule has 2 rings (SSSR count). The Bertz CT molecular complexity index is 331. The largest absolute Gasteiger partial charge is 0.355 e. The molecule has 0 radical (unpaired) electrons. The van der Waals surface area contributed by atoms with Crippen molar-refractivity contribution in [3.05, 3.63) is 17.5 Å².